The molecule has 0 aliphatic heterocycles. The second-order valence-corrected chi connectivity index (χ2v) is 7.85. The van der Waals surface area contributed by atoms with Gasteiger partial charge in [0.2, 0.25) is 5.89 Å². The van der Waals surface area contributed by atoms with Crippen molar-refractivity contribution in [3.05, 3.63) is 76.0 Å². The molecule has 1 aliphatic carbocycles. The molecule has 2 unspecified atom stereocenters. The summed E-state index contributed by atoms with van der Waals surface area (Å²) < 4.78 is 49.0. The monoisotopic (exact) mass is 397 g/mol. The predicted molar refractivity (Wildman–Crippen MR) is 108 cm³/mol. The summed E-state index contributed by atoms with van der Waals surface area (Å²) in [6.45, 7) is 5.02. The molecule has 150 valence electrons. The van der Waals surface area contributed by atoms with Crippen molar-refractivity contribution < 1.29 is 17.6 Å². The Hall–Kier alpha value is -2.82. The van der Waals surface area contributed by atoms with E-state index >= 15 is 0 Å². The summed E-state index contributed by atoms with van der Waals surface area (Å²) in [7, 11) is 0. The molecule has 0 saturated carbocycles. The summed E-state index contributed by atoms with van der Waals surface area (Å²) in [6, 6.07) is 14.4. The molecule has 1 aliphatic rings. The lowest BCUT2D eigenvalue weighted by Gasteiger charge is -2.38. The zero-order valence-electron chi connectivity index (χ0n) is 16.5. The number of nitrogens with zero attached hydrogens (tertiary/aromatic N) is 1. The molecule has 29 heavy (non-hydrogen) atoms. The first-order valence-corrected chi connectivity index (χ1v) is 9.59. The number of aromatic nitrogens is 1. The number of rotatable bonds is 3. The molecule has 2 aromatic carbocycles. The van der Waals surface area contributed by atoms with E-state index in [-0.39, 0.29) is 12.0 Å². The van der Waals surface area contributed by atoms with Crippen molar-refractivity contribution >= 4 is 12.2 Å². The average molecular weight is 397 g/mol. The summed E-state index contributed by atoms with van der Waals surface area (Å²) in [4.78, 5) is 4.46. The van der Waals surface area contributed by atoms with Gasteiger partial charge in [0.15, 0.2) is 5.42 Å². The molecule has 1 heterocycles. The Morgan fingerprint density at radius 3 is 2.38 bits per heavy atom. The summed E-state index contributed by atoms with van der Waals surface area (Å²) >= 11 is 0. The van der Waals surface area contributed by atoms with Crippen LogP contribution in [-0.2, 0) is 5.41 Å². The van der Waals surface area contributed by atoms with Crippen molar-refractivity contribution in [2.24, 2.45) is 5.92 Å². The quantitative estimate of drug-likeness (QED) is 0.618. The van der Waals surface area contributed by atoms with Gasteiger partial charge >= 0.3 is 6.18 Å². The van der Waals surface area contributed by atoms with E-state index in [1.165, 1.54) is 6.92 Å². The van der Waals surface area contributed by atoms with Crippen LogP contribution in [0.25, 0.3) is 23.6 Å². The average Bonchev–Trinajstić information content (AvgIpc) is 3.12. The van der Waals surface area contributed by atoms with E-state index < -0.39 is 17.5 Å². The minimum Gasteiger partial charge on any atom is -0.436 e. The normalized spacial score (nSPS) is 18.3. The Bertz CT molecular complexity index is 1160. The summed E-state index contributed by atoms with van der Waals surface area (Å²) in [5.74, 6) is -0.364. The number of hydrogen-bond donors (Lipinski definition) is 0. The lowest BCUT2D eigenvalue weighted by Crippen LogP contribution is -2.47. The van der Waals surface area contributed by atoms with Crippen LogP contribution in [0.4, 0.5) is 13.2 Å². The van der Waals surface area contributed by atoms with Crippen LogP contribution in [0.2, 0.25) is 0 Å². The van der Waals surface area contributed by atoms with Gasteiger partial charge in [-0.1, -0.05) is 42.5 Å². The number of hydrogen-bond acceptors (Lipinski definition) is 2. The fourth-order valence-electron chi connectivity index (χ4n) is 3.86. The van der Waals surface area contributed by atoms with Gasteiger partial charge in [-0.2, -0.15) is 13.2 Å². The minimum absolute atomic E-state index is 0.247. The molecule has 0 bridgehead atoms. The smallest absolute Gasteiger partial charge is 0.398 e. The van der Waals surface area contributed by atoms with Crippen LogP contribution in [0.15, 0.2) is 52.9 Å². The lowest BCUT2D eigenvalue weighted by atomic mass is 9.68. The van der Waals surface area contributed by atoms with Crippen LogP contribution in [0.3, 0.4) is 0 Å². The fraction of sp³-hybridized carbons (Fsp3) is 0.292. The van der Waals surface area contributed by atoms with Crippen LogP contribution >= 0.6 is 0 Å². The molecular weight excluding hydrogens is 375 g/mol. The molecule has 0 amide bonds. The fourth-order valence-corrected chi connectivity index (χ4v) is 3.86. The van der Waals surface area contributed by atoms with Gasteiger partial charge in [0.1, 0.15) is 5.35 Å². The van der Waals surface area contributed by atoms with Gasteiger partial charge in [-0.25, -0.2) is 4.98 Å². The maximum Gasteiger partial charge on any atom is 0.398 e. The summed E-state index contributed by atoms with van der Waals surface area (Å²) in [5, 5.41) is 0.602. The van der Waals surface area contributed by atoms with Crippen molar-refractivity contribution in [1.29, 1.82) is 0 Å². The molecule has 2 atom stereocenters. The summed E-state index contributed by atoms with van der Waals surface area (Å²) in [5.41, 5.74) is 1.27. The second-order valence-electron chi connectivity index (χ2n) is 7.85. The Balaban J connectivity index is 1.82. The van der Waals surface area contributed by atoms with Gasteiger partial charge in [0.05, 0.1) is 5.41 Å². The predicted octanol–water partition coefficient (Wildman–Crippen LogP) is 5.06. The van der Waals surface area contributed by atoms with Gasteiger partial charge in [-0.3, -0.25) is 0 Å². The topological polar surface area (TPSA) is 26.0 Å². The highest BCUT2D eigenvalue weighted by Crippen LogP contribution is 2.49. The number of oxazole rings is 1. The Labute approximate surface area is 167 Å². The van der Waals surface area contributed by atoms with E-state index in [1.54, 1.807) is 30.4 Å². The first-order chi connectivity index (χ1) is 13.7. The Morgan fingerprint density at radius 2 is 1.72 bits per heavy atom. The van der Waals surface area contributed by atoms with Gasteiger partial charge < -0.3 is 4.42 Å². The molecule has 5 heteroatoms. The molecular formula is C24H22F3NO. The van der Waals surface area contributed by atoms with E-state index in [9.17, 15) is 13.2 Å². The van der Waals surface area contributed by atoms with Crippen molar-refractivity contribution in [3.63, 3.8) is 0 Å². The molecule has 1 aromatic heterocycles. The van der Waals surface area contributed by atoms with Crippen LogP contribution in [0, 0.1) is 19.8 Å². The van der Waals surface area contributed by atoms with Crippen molar-refractivity contribution in [2.45, 2.75) is 38.8 Å². The Kier molecular flexibility index (Phi) is 4.64. The number of halogens is 3. The van der Waals surface area contributed by atoms with E-state index in [1.807, 2.05) is 44.2 Å². The van der Waals surface area contributed by atoms with Crippen molar-refractivity contribution in [1.82, 2.24) is 4.98 Å². The number of benzene rings is 2. The van der Waals surface area contributed by atoms with Crippen LogP contribution in [0.5, 0.6) is 0 Å². The summed E-state index contributed by atoms with van der Waals surface area (Å²) in [6.07, 6.45) is -0.821. The third-order valence-electron chi connectivity index (χ3n) is 6.06. The van der Waals surface area contributed by atoms with Crippen LogP contribution < -0.4 is 10.8 Å². The molecule has 0 spiro atoms. The van der Waals surface area contributed by atoms with Crippen molar-refractivity contribution in [3.8, 4) is 11.5 Å². The number of aryl methyl sites for hydroxylation is 2. The third kappa shape index (κ3) is 3.28. The number of fused-ring (bicyclic) bond motifs is 1. The van der Waals surface area contributed by atoms with Crippen LogP contribution in [-0.4, -0.2) is 11.2 Å². The van der Waals surface area contributed by atoms with Gasteiger partial charge in [0, 0.05) is 11.5 Å². The minimum atomic E-state index is -4.41. The second kappa shape index (κ2) is 6.90. The highest BCUT2D eigenvalue weighted by Gasteiger charge is 2.56. The molecule has 0 radical (unpaired) electrons. The maximum absolute atomic E-state index is 14.4. The molecule has 3 aromatic rings. The molecule has 0 saturated heterocycles. The first kappa shape index (κ1) is 19.5. The van der Waals surface area contributed by atoms with Gasteiger partial charge in [-0.15, -0.1) is 0 Å². The third-order valence-corrected chi connectivity index (χ3v) is 6.06. The zero-order chi connectivity index (χ0) is 20.8. The van der Waals surface area contributed by atoms with E-state index in [2.05, 4.69) is 4.98 Å². The van der Waals surface area contributed by atoms with Crippen molar-refractivity contribution in [2.75, 3.05) is 0 Å². The number of alkyl halides is 3. The molecule has 0 fully saturated rings. The van der Waals surface area contributed by atoms with E-state index in [0.29, 0.717) is 16.7 Å². The van der Waals surface area contributed by atoms with Gasteiger partial charge in [0.25, 0.3) is 0 Å². The van der Waals surface area contributed by atoms with Gasteiger partial charge in [-0.05, 0) is 62.1 Å². The van der Waals surface area contributed by atoms with E-state index in [0.717, 1.165) is 16.7 Å². The molecule has 4 rings (SSSR count). The SMILES string of the molecule is Cc1ccc(C(C)(C2C=c3oc(-c4ccccc4)nc3=CC2)C(F)(F)F)cc1C. The molecule has 0 N–H and O–H groups in total. The first-order valence-electron chi connectivity index (χ1n) is 9.59. The standard InChI is InChI=1S/C24H22F3NO/c1-15-9-10-18(13-16(15)2)23(3,24(25,26)27)19-11-12-20-21(14-19)29-22(28-20)17-7-5-4-6-8-17/h4-10,12-14,19H,11H2,1-3H3. The highest BCUT2D eigenvalue weighted by molar-refractivity contribution is 5.54. The lowest BCUT2D eigenvalue weighted by molar-refractivity contribution is -0.194. The maximum atomic E-state index is 14.4. The van der Waals surface area contributed by atoms with E-state index in [4.69, 9.17) is 4.42 Å². The Morgan fingerprint density at radius 1 is 1.00 bits per heavy atom. The van der Waals surface area contributed by atoms with Crippen LogP contribution in [0.1, 0.15) is 30.0 Å². The zero-order valence-corrected chi connectivity index (χ0v) is 16.5. The molecule has 2 nitrogen and oxygen atoms in total. The largest absolute Gasteiger partial charge is 0.436 e. The highest BCUT2D eigenvalue weighted by atomic mass is 19.4.